The van der Waals surface area contributed by atoms with Crippen LogP contribution in [0.15, 0.2) is 52.3 Å². The van der Waals surface area contributed by atoms with Crippen molar-refractivity contribution in [2.75, 3.05) is 17.8 Å². The Bertz CT molecular complexity index is 1060. The fraction of sp³-hybridized carbons (Fsp3) is 0.368. The van der Waals surface area contributed by atoms with Crippen LogP contribution in [0, 0.1) is 0 Å². The number of anilines is 1. The number of halogens is 1. The van der Waals surface area contributed by atoms with E-state index in [1.54, 1.807) is 12.1 Å². The lowest BCUT2D eigenvalue weighted by Crippen LogP contribution is -2.28. The van der Waals surface area contributed by atoms with E-state index >= 15 is 0 Å². The lowest BCUT2D eigenvalue weighted by Gasteiger charge is -2.17. The van der Waals surface area contributed by atoms with Crippen molar-refractivity contribution < 1.29 is 16.8 Å². The molecule has 0 aliphatic carbocycles. The molecular formula is C19H23ClN2O4S2. The standard InChI is InChI=1S/C19H23ClN2O4S2/c1-14(2)15-5-7-16(8-6-15)27(23,24)21-19-13-17(9-10-18(19)20)28(25,26)22-11-3-4-12-22/h5-10,13-14,21H,3-4,11-12H2,1-2H3. The Morgan fingerprint density at radius 3 is 2.07 bits per heavy atom. The van der Waals surface area contributed by atoms with Gasteiger partial charge in [-0.15, -0.1) is 0 Å². The molecule has 1 N–H and O–H groups in total. The predicted molar refractivity (Wildman–Crippen MR) is 111 cm³/mol. The largest absolute Gasteiger partial charge is 0.278 e. The number of sulfonamides is 2. The van der Waals surface area contributed by atoms with Crippen molar-refractivity contribution in [2.45, 2.75) is 42.4 Å². The molecule has 6 nitrogen and oxygen atoms in total. The normalized spacial score (nSPS) is 15.9. The van der Waals surface area contributed by atoms with E-state index in [1.165, 1.54) is 34.6 Å². The summed E-state index contributed by atoms with van der Waals surface area (Å²) in [7, 11) is -7.58. The maximum atomic E-state index is 12.7. The molecule has 0 unspecified atom stereocenters. The minimum atomic E-state index is -3.90. The Hall–Kier alpha value is -1.61. The molecular weight excluding hydrogens is 420 g/mol. The molecule has 0 bridgehead atoms. The zero-order chi connectivity index (χ0) is 20.5. The highest BCUT2D eigenvalue weighted by Crippen LogP contribution is 2.30. The second-order valence-electron chi connectivity index (χ2n) is 7.08. The number of nitrogens with zero attached hydrogens (tertiary/aromatic N) is 1. The van der Waals surface area contributed by atoms with Gasteiger partial charge in [-0.1, -0.05) is 37.6 Å². The van der Waals surface area contributed by atoms with Crippen LogP contribution in [0.5, 0.6) is 0 Å². The van der Waals surface area contributed by atoms with Gasteiger partial charge in [0.05, 0.1) is 20.5 Å². The molecule has 3 rings (SSSR count). The van der Waals surface area contributed by atoms with E-state index in [9.17, 15) is 16.8 Å². The third kappa shape index (κ3) is 4.35. The number of hydrogen-bond acceptors (Lipinski definition) is 4. The van der Waals surface area contributed by atoms with Crippen LogP contribution in [-0.4, -0.2) is 34.2 Å². The van der Waals surface area contributed by atoms with Gasteiger partial charge >= 0.3 is 0 Å². The Balaban J connectivity index is 1.91. The van der Waals surface area contributed by atoms with Gasteiger partial charge in [-0.2, -0.15) is 4.31 Å². The average molecular weight is 443 g/mol. The monoisotopic (exact) mass is 442 g/mol. The van der Waals surface area contributed by atoms with E-state index in [-0.39, 0.29) is 26.4 Å². The fourth-order valence-corrected chi connectivity index (χ4v) is 5.89. The van der Waals surface area contributed by atoms with Crippen LogP contribution in [0.3, 0.4) is 0 Å². The minimum absolute atomic E-state index is 0.0201. The molecule has 28 heavy (non-hydrogen) atoms. The summed E-state index contributed by atoms with van der Waals surface area (Å²) in [4.78, 5) is 0.104. The van der Waals surface area contributed by atoms with E-state index in [0.29, 0.717) is 13.1 Å². The van der Waals surface area contributed by atoms with E-state index in [0.717, 1.165) is 18.4 Å². The summed E-state index contributed by atoms with van der Waals surface area (Å²) < 4.78 is 54.7. The molecule has 0 radical (unpaired) electrons. The molecule has 9 heteroatoms. The zero-order valence-corrected chi connectivity index (χ0v) is 18.1. The van der Waals surface area contributed by atoms with Crippen molar-refractivity contribution in [3.8, 4) is 0 Å². The van der Waals surface area contributed by atoms with Gasteiger partial charge < -0.3 is 0 Å². The molecule has 152 valence electrons. The number of benzene rings is 2. The molecule has 2 aromatic carbocycles. The van der Waals surface area contributed by atoms with E-state index in [2.05, 4.69) is 4.72 Å². The highest BCUT2D eigenvalue weighted by atomic mass is 35.5. The molecule has 0 atom stereocenters. The smallest absolute Gasteiger partial charge is 0.261 e. The summed E-state index contributed by atoms with van der Waals surface area (Å²) in [5.74, 6) is 0.284. The minimum Gasteiger partial charge on any atom is -0.278 e. The predicted octanol–water partition coefficient (Wildman–Crippen LogP) is 4.05. The highest BCUT2D eigenvalue weighted by molar-refractivity contribution is 7.92. The van der Waals surface area contributed by atoms with Crippen molar-refractivity contribution in [1.82, 2.24) is 4.31 Å². The van der Waals surface area contributed by atoms with Gasteiger partial charge in [0.1, 0.15) is 0 Å². The van der Waals surface area contributed by atoms with Gasteiger partial charge in [0.15, 0.2) is 0 Å². The summed E-state index contributed by atoms with van der Waals surface area (Å²) in [6.45, 7) is 4.98. The van der Waals surface area contributed by atoms with Crippen LogP contribution in [-0.2, 0) is 20.0 Å². The summed E-state index contributed by atoms with van der Waals surface area (Å²) in [6, 6.07) is 10.6. The van der Waals surface area contributed by atoms with Gasteiger partial charge in [0.2, 0.25) is 10.0 Å². The maximum Gasteiger partial charge on any atom is 0.261 e. The van der Waals surface area contributed by atoms with Crippen LogP contribution in [0.25, 0.3) is 0 Å². The quantitative estimate of drug-likeness (QED) is 0.731. The Morgan fingerprint density at radius 2 is 1.50 bits per heavy atom. The fourth-order valence-electron chi connectivity index (χ4n) is 3.06. The zero-order valence-electron chi connectivity index (χ0n) is 15.7. The molecule has 1 fully saturated rings. The highest BCUT2D eigenvalue weighted by Gasteiger charge is 2.28. The molecule has 0 aromatic heterocycles. The Kier molecular flexibility index (Phi) is 6.05. The van der Waals surface area contributed by atoms with Crippen molar-refractivity contribution >= 4 is 37.3 Å². The van der Waals surface area contributed by atoms with Crippen molar-refractivity contribution in [2.24, 2.45) is 0 Å². The topological polar surface area (TPSA) is 83.5 Å². The first-order valence-electron chi connectivity index (χ1n) is 9.04. The first-order chi connectivity index (χ1) is 13.1. The first kappa shape index (κ1) is 21.1. The van der Waals surface area contributed by atoms with Crippen LogP contribution in [0.4, 0.5) is 5.69 Å². The summed E-state index contributed by atoms with van der Waals surface area (Å²) in [5.41, 5.74) is 1.06. The molecule has 0 amide bonds. The third-order valence-corrected chi connectivity index (χ3v) is 8.35. The molecule has 1 saturated heterocycles. The van der Waals surface area contributed by atoms with Crippen LogP contribution in [0.1, 0.15) is 38.2 Å². The lowest BCUT2D eigenvalue weighted by molar-refractivity contribution is 0.477. The Labute approximate surface area is 171 Å². The molecule has 1 aliphatic rings. The molecule has 0 saturated carbocycles. The van der Waals surface area contributed by atoms with Crippen molar-refractivity contribution in [3.05, 3.63) is 53.1 Å². The SMILES string of the molecule is CC(C)c1ccc(S(=O)(=O)Nc2cc(S(=O)(=O)N3CCCC3)ccc2Cl)cc1. The summed E-state index contributed by atoms with van der Waals surface area (Å²) in [5, 5.41) is 0.128. The second-order valence-corrected chi connectivity index (χ2v) is 11.1. The second kappa shape index (κ2) is 8.02. The van der Waals surface area contributed by atoms with Gasteiger partial charge in [-0.3, -0.25) is 4.72 Å². The van der Waals surface area contributed by atoms with Gasteiger partial charge in [0, 0.05) is 13.1 Å². The van der Waals surface area contributed by atoms with E-state index < -0.39 is 20.0 Å². The molecule has 1 aliphatic heterocycles. The summed E-state index contributed by atoms with van der Waals surface area (Å²) >= 11 is 6.13. The van der Waals surface area contributed by atoms with Crippen LogP contribution < -0.4 is 4.72 Å². The number of hydrogen-bond donors (Lipinski definition) is 1. The average Bonchev–Trinajstić information content (AvgIpc) is 3.19. The first-order valence-corrected chi connectivity index (χ1v) is 12.3. The van der Waals surface area contributed by atoms with Gasteiger partial charge in [-0.05, 0) is 54.7 Å². The lowest BCUT2D eigenvalue weighted by atomic mass is 10.0. The number of rotatable bonds is 6. The van der Waals surface area contributed by atoms with E-state index in [4.69, 9.17) is 11.6 Å². The maximum absolute atomic E-state index is 12.7. The van der Waals surface area contributed by atoms with Crippen LogP contribution in [0.2, 0.25) is 5.02 Å². The Morgan fingerprint density at radius 1 is 0.929 bits per heavy atom. The van der Waals surface area contributed by atoms with Crippen molar-refractivity contribution in [3.63, 3.8) is 0 Å². The van der Waals surface area contributed by atoms with Crippen LogP contribution >= 0.6 is 11.6 Å². The summed E-state index contributed by atoms with van der Waals surface area (Å²) in [6.07, 6.45) is 1.64. The van der Waals surface area contributed by atoms with E-state index in [1.807, 2.05) is 13.8 Å². The van der Waals surface area contributed by atoms with Gasteiger partial charge in [0.25, 0.3) is 10.0 Å². The van der Waals surface area contributed by atoms with Gasteiger partial charge in [-0.25, -0.2) is 16.8 Å². The molecule has 2 aromatic rings. The number of nitrogens with one attached hydrogen (secondary N) is 1. The molecule has 0 spiro atoms. The third-order valence-electron chi connectivity index (χ3n) is 4.74. The van der Waals surface area contributed by atoms with Crippen molar-refractivity contribution in [1.29, 1.82) is 0 Å². The molecule has 1 heterocycles.